The molecule has 0 atom stereocenters. The maximum absolute atomic E-state index is 11.5. The summed E-state index contributed by atoms with van der Waals surface area (Å²) in [4.78, 5) is 46.1. The van der Waals surface area contributed by atoms with Crippen molar-refractivity contribution in [3.63, 3.8) is 0 Å². The zero-order valence-corrected chi connectivity index (χ0v) is 27.0. The summed E-state index contributed by atoms with van der Waals surface area (Å²) in [7, 11) is 0. The van der Waals surface area contributed by atoms with Crippen molar-refractivity contribution in [1.82, 2.24) is 10.6 Å². The molecule has 0 spiro atoms. The van der Waals surface area contributed by atoms with Crippen molar-refractivity contribution in [2.45, 2.75) is 76.4 Å². The number of carbonyl (C=O) groups is 4. The molecule has 0 radical (unpaired) electrons. The molecule has 2 saturated heterocycles. The van der Waals surface area contributed by atoms with Gasteiger partial charge in [0.05, 0.1) is 32.1 Å². The first-order valence-corrected chi connectivity index (χ1v) is 17.0. The summed E-state index contributed by atoms with van der Waals surface area (Å²) in [6.07, 6.45) is 15.4. The van der Waals surface area contributed by atoms with Crippen molar-refractivity contribution in [1.29, 1.82) is 0 Å². The van der Waals surface area contributed by atoms with Crippen molar-refractivity contribution in [2.75, 3.05) is 0 Å². The summed E-state index contributed by atoms with van der Waals surface area (Å²) in [5.74, 6) is 0.618. The number of amides is 4. The van der Waals surface area contributed by atoms with Crippen molar-refractivity contribution in [3.05, 3.63) is 67.4 Å². The minimum atomic E-state index is -0.367. The van der Waals surface area contributed by atoms with Crippen LogP contribution >= 0.6 is 46.7 Å². The normalized spacial score (nSPS) is 21.2. The van der Waals surface area contributed by atoms with E-state index < -0.39 is 0 Å². The molecule has 6 rings (SSSR count). The molecule has 8 nitrogen and oxygen atoms in total. The van der Waals surface area contributed by atoms with Gasteiger partial charge in [0.25, 0.3) is 22.3 Å². The lowest BCUT2D eigenvalue weighted by Gasteiger charge is -2.23. The first kappa shape index (κ1) is 32.5. The molecule has 2 N–H and O–H groups in total. The number of benzene rings is 2. The number of ether oxygens (including phenoxy) is 2. The van der Waals surface area contributed by atoms with Gasteiger partial charge in [-0.1, -0.05) is 48.2 Å². The van der Waals surface area contributed by atoms with E-state index in [1.54, 1.807) is 24.3 Å². The Morgan fingerprint density at radius 1 is 0.614 bits per heavy atom. The number of thioether (sulfide) groups is 2. The highest BCUT2D eigenvalue weighted by Gasteiger charge is 2.26. The molecule has 2 aromatic carbocycles. The molecule has 4 fully saturated rings. The highest BCUT2D eigenvalue weighted by Crippen LogP contribution is 2.34. The van der Waals surface area contributed by atoms with Gasteiger partial charge in [-0.3, -0.25) is 29.8 Å². The minimum Gasteiger partial charge on any atom is -0.489 e. The van der Waals surface area contributed by atoms with Gasteiger partial charge < -0.3 is 9.47 Å². The fraction of sp³-hybridized carbons (Fsp3) is 0.375. The Kier molecular flexibility index (Phi) is 11.4. The van der Waals surface area contributed by atoms with E-state index in [0.717, 1.165) is 60.3 Å². The standard InChI is InChI=1S/2C16H16ClNO3S/c2*17-12-8-10(9-14-15(19)18-16(20)22-14)6-7-13(12)21-11-4-2-1-3-5-11/h2*6-9,11H,1-5H2,(H,18,19,20). The van der Waals surface area contributed by atoms with E-state index >= 15 is 0 Å². The van der Waals surface area contributed by atoms with Crippen LogP contribution < -0.4 is 20.1 Å². The molecule has 2 aliphatic heterocycles. The molecule has 232 valence electrons. The van der Waals surface area contributed by atoms with E-state index in [1.807, 2.05) is 24.3 Å². The largest absolute Gasteiger partial charge is 0.489 e. The number of hydrogen-bond donors (Lipinski definition) is 2. The van der Waals surface area contributed by atoms with Gasteiger partial charge in [0, 0.05) is 0 Å². The third-order valence-electron chi connectivity index (χ3n) is 7.48. The predicted molar refractivity (Wildman–Crippen MR) is 176 cm³/mol. The molecule has 44 heavy (non-hydrogen) atoms. The van der Waals surface area contributed by atoms with Crippen LogP contribution in [-0.4, -0.2) is 34.5 Å². The number of rotatable bonds is 6. The Balaban J connectivity index is 0.000000175. The average molecular weight is 676 g/mol. The monoisotopic (exact) mass is 674 g/mol. The van der Waals surface area contributed by atoms with Crippen LogP contribution in [-0.2, 0) is 9.59 Å². The molecular formula is C32H32Cl2N2O6S2. The summed E-state index contributed by atoms with van der Waals surface area (Å²) >= 11 is 14.3. The smallest absolute Gasteiger partial charge is 0.290 e. The van der Waals surface area contributed by atoms with Crippen LogP contribution in [0.3, 0.4) is 0 Å². The Morgan fingerprint density at radius 2 is 1.00 bits per heavy atom. The lowest BCUT2D eigenvalue weighted by molar-refractivity contribution is -0.116. The van der Waals surface area contributed by atoms with Crippen molar-refractivity contribution in [2.24, 2.45) is 0 Å². The summed E-state index contributed by atoms with van der Waals surface area (Å²) in [6.45, 7) is 0. The van der Waals surface area contributed by atoms with Gasteiger partial charge in [-0.05, 0) is 122 Å². The van der Waals surface area contributed by atoms with Crippen molar-refractivity contribution < 1.29 is 28.7 Å². The van der Waals surface area contributed by atoms with Crippen molar-refractivity contribution >= 4 is 81.2 Å². The van der Waals surface area contributed by atoms with E-state index in [-0.39, 0.29) is 34.5 Å². The number of hydrogen-bond acceptors (Lipinski definition) is 8. The van der Waals surface area contributed by atoms with E-state index in [9.17, 15) is 19.2 Å². The summed E-state index contributed by atoms with van der Waals surface area (Å²) in [6, 6.07) is 10.8. The zero-order chi connectivity index (χ0) is 31.1. The van der Waals surface area contributed by atoms with Crippen LogP contribution in [0.4, 0.5) is 9.59 Å². The molecule has 2 heterocycles. The predicted octanol–water partition coefficient (Wildman–Crippen LogP) is 8.75. The van der Waals surface area contributed by atoms with E-state index in [0.29, 0.717) is 31.4 Å². The third kappa shape index (κ3) is 9.06. The number of halogens is 2. The molecule has 12 heteroatoms. The molecule has 0 aromatic heterocycles. The highest BCUT2D eigenvalue weighted by atomic mass is 35.5. The van der Waals surface area contributed by atoms with Crippen LogP contribution in [0.25, 0.3) is 12.2 Å². The van der Waals surface area contributed by atoms with Gasteiger partial charge in [-0.25, -0.2) is 0 Å². The lowest BCUT2D eigenvalue weighted by atomic mass is 9.98. The number of nitrogens with one attached hydrogen (secondary N) is 2. The Labute approximate surface area is 274 Å². The Hall–Kier alpha value is -2.92. The fourth-order valence-corrected chi connectivity index (χ4v) is 7.11. The third-order valence-corrected chi connectivity index (χ3v) is 9.70. The molecule has 0 bridgehead atoms. The summed E-state index contributed by atoms with van der Waals surface area (Å²) in [5, 5.41) is 4.80. The van der Waals surface area contributed by atoms with Gasteiger partial charge in [0.2, 0.25) is 0 Å². The molecule has 2 aliphatic carbocycles. The molecule has 2 saturated carbocycles. The minimum absolute atomic E-state index is 0.240. The Bertz CT molecular complexity index is 1390. The molecular weight excluding hydrogens is 643 g/mol. The van der Waals surface area contributed by atoms with Gasteiger partial charge in [0.15, 0.2) is 0 Å². The first-order chi connectivity index (χ1) is 21.2. The van der Waals surface area contributed by atoms with Crippen LogP contribution in [0.5, 0.6) is 11.5 Å². The SMILES string of the molecule is O=C1NC(=O)C(=Cc2ccc(OC3CCCCC3)c(Cl)c2)S1.O=C1NC(=O)C(=Cc2ccc(OC3CCCCC3)c(Cl)c2)S1. The number of imide groups is 2. The van der Waals surface area contributed by atoms with Crippen LogP contribution in [0.2, 0.25) is 10.0 Å². The second kappa shape index (κ2) is 15.4. The number of carbonyl (C=O) groups excluding carboxylic acids is 4. The molecule has 4 aliphatic rings. The summed E-state index contributed by atoms with van der Waals surface area (Å²) < 4.78 is 11.9. The van der Waals surface area contributed by atoms with E-state index in [1.165, 1.54) is 38.5 Å². The van der Waals surface area contributed by atoms with Crippen LogP contribution in [0, 0.1) is 0 Å². The van der Waals surface area contributed by atoms with Gasteiger partial charge in [-0.2, -0.15) is 0 Å². The van der Waals surface area contributed by atoms with Gasteiger partial charge in [-0.15, -0.1) is 0 Å². The topological polar surface area (TPSA) is 111 Å². The average Bonchev–Trinajstić information content (AvgIpc) is 3.50. The zero-order valence-electron chi connectivity index (χ0n) is 23.9. The van der Waals surface area contributed by atoms with E-state index in [2.05, 4.69) is 10.6 Å². The fourth-order valence-electron chi connectivity index (χ4n) is 5.27. The molecule has 4 amide bonds. The summed E-state index contributed by atoms with van der Waals surface area (Å²) in [5.41, 5.74) is 1.54. The maximum atomic E-state index is 11.5. The van der Waals surface area contributed by atoms with Crippen LogP contribution in [0.1, 0.15) is 75.3 Å². The molecule has 2 aromatic rings. The van der Waals surface area contributed by atoms with Crippen molar-refractivity contribution in [3.8, 4) is 11.5 Å². The van der Waals surface area contributed by atoms with Gasteiger partial charge in [0.1, 0.15) is 11.5 Å². The maximum Gasteiger partial charge on any atom is 0.290 e. The van der Waals surface area contributed by atoms with Gasteiger partial charge >= 0.3 is 0 Å². The highest BCUT2D eigenvalue weighted by molar-refractivity contribution is 8.18. The lowest BCUT2D eigenvalue weighted by Crippen LogP contribution is -2.19. The van der Waals surface area contributed by atoms with Crippen LogP contribution in [0.15, 0.2) is 46.2 Å². The second-order valence-electron chi connectivity index (χ2n) is 10.8. The first-order valence-electron chi connectivity index (χ1n) is 14.7. The van der Waals surface area contributed by atoms with E-state index in [4.69, 9.17) is 32.7 Å². The molecule has 0 unspecified atom stereocenters. The Morgan fingerprint density at radius 3 is 1.32 bits per heavy atom. The quantitative estimate of drug-likeness (QED) is 0.293. The second-order valence-corrected chi connectivity index (χ2v) is 13.7.